The molecule has 1 heterocycles. The van der Waals surface area contributed by atoms with E-state index in [4.69, 9.17) is 0 Å². The average molecular weight is 296 g/mol. The Hall–Kier alpha value is -2.16. The molecule has 3 heteroatoms. The van der Waals surface area contributed by atoms with E-state index in [1.807, 2.05) is 25.3 Å². The van der Waals surface area contributed by atoms with Crippen LogP contribution < -0.4 is 5.32 Å². The number of carbonyl (C=O) groups is 1. The molecule has 0 radical (unpaired) electrons. The predicted octanol–water partition coefficient (Wildman–Crippen LogP) is 3.38. The second-order valence-corrected chi connectivity index (χ2v) is 5.95. The summed E-state index contributed by atoms with van der Waals surface area (Å²) in [5, 5.41) is 3.06. The second kappa shape index (κ2) is 7.74. The van der Waals surface area contributed by atoms with Crippen molar-refractivity contribution >= 4 is 5.91 Å². The molecule has 0 aliphatic heterocycles. The quantitative estimate of drug-likeness (QED) is 0.888. The third kappa shape index (κ3) is 4.99. The maximum atomic E-state index is 12.0. The molecule has 1 aromatic heterocycles. The Balaban J connectivity index is 1.78. The number of aryl methyl sites for hydroxylation is 3. The van der Waals surface area contributed by atoms with Gasteiger partial charge in [-0.05, 0) is 61.9 Å². The molecule has 0 spiro atoms. The van der Waals surface area contributed by atoms with Gasteiger partial charge in [0.25, 0.3) is 0 Å². The van der Waals surface area contributed by atoms with E-state index < -0.39 is 0 Å². The monoisotopic (exact) mass is 296 g/mol. The van der Waals surface area contributed by atoms with Gasteiger partial charge in [-0.3, -0.25) is 9.78 Å². The number of nitrogens with zero attached hydrogens (tertiary/aromatic N) is 1. The van der Waals surface area contributed by atoms with Gasteiger partial charge in [-0.25, -0.2) is 0 Å². The van der Waals surface area contributed by atoms with Crippen molar-refractivity contribution in [2.45, 2.75) is 46.1 Å². The number of hydrogen-bond acceptors (Lipinski definition) is 2. The zero-order valence-corrected chi connectivity index (χ0v) is 13.6. The maximum Gasteiger partial charge on any atom is 0.220 e. The summed E-state index contributed by atoms with van der Waals surface area (Å²) >= 11 is 0. The van der Waals surface area contributed by atoms with Gasteiger partial charge in [0.2, 0.25) is 5.91 Å². The van der Waals surface area contributed by atoms with Gasteiger partial charge in [-0.1, -0.05) is 24.3 Å². The first-order chi connectivity index (χ1) is 10.5. The fourth-order valence-electron chi connectivity index (χ4n) is 2.49. The summed E-state index contributed by atoms with van der Waals surface area (Å²) in [7, 11) is 0. The topological polar surface area (TPSA) is 42.0 Å². The summed E-state index contributed by atoms with van der Waals surface area (Å²) in [6.45, 7) is 6.24. The summed E-state index contributed by atoms with van der Waals surface area (Å²) in [5.74, 6) is 0.106. The molecule has 0 saturated heterocycles. The molecule has 2 rings (SSSR count). The van der Waals surface area contributed by atoms with Crippen molar-refractivity contribution < 1.29 is 4.79 Å². The molecule has 22 heavy (non-hydrogen) atoms. The SMILES string of the molecule is Cc1ccc(CCC(=O)N[C@H](C)Cc2cccnc2)cc1C. The van der Waals surface area contributed by atoms with Gasteiger partial charge >= 0.3 is 0 Å². The van der Waals surface area contributed by atoms with E-state index in [1.54, 1.807) is 6.20 Å². The smallest absolute Gasteiger partial charge is 0.220 e. The van der Waals surface area contributed by atoms with Crippen LogP contribution in [0.3, 0.4) is 0 Å². The standard InChI is InChI=1S/C19H24N2O/c1-14-6-7-17(11-15(14)2)8-9-19(22)21-16(3)12-18-5-4-10-20-13-18/h4-7,10-11,13,16H,8-9,12H2,1-3H3,(H,21,22)/t16-/m1/s1. The normalized spacial score (nSPS) is 12.0. The fraction of sp³-hybridized carbons (Fsp3) is 0.368. The Labute approximate surface area is 132 Å². The van der Waals surface area contributed by atoms with E-state index in [-0.39, 0.29) is 11.9 Å². The second-order valence-electron chi connectivity index (χ2n) is 5.95. The van der Waals surface area contributed by atoms with Crippen LogP contribution in [-0.4, -0.2) is 16.9 Å². The molecule has 1 amide bonds. The van der Waals surface area contributed by atoms with Crippen molar-refractivity contribution in [3.63, 3.8) is 0 Å². The largest absolute Gasteiger partial charge is 0.353 e. The molecular weight excluding hydrogens is 272 g/mol. The van der Waals surface area contributed by atoms with Crippen LogP contribution in [0.25, 0.3) is 0 Å². The Bertz CT molecular complexity index is 623. The van der Waals surface area contributed by atoms with Crippen molar-refractivity contribution in [2.75, 3.05) is 0 Å². The summed E-state index contributed by atoms with van der Waals surface area (Å²) < 4.78 is 0. The highest BCUT2D eigenvalue weighted by Crippen LogP contribution is 2.11. The molecule has 1 N–H and O–H groups in total. The first-order valence-corrected chi connectivity index (χ1v) is 7.79. The van der Waals surface area contributed by atoms with Crippen LogP contribution >= 0.6 is 0 Å². The van der Waals surface area contributed by atoms with E-state index in [2.05, 4.69) is 42.3 Å². The highest BCUT2D eigenvalue weighted by atomic mass is 16.1. The summed E-state index contributed by atoms with van der Waals surface area (Å²) in [6, 6.07) is 10.5. The fourth-order valence-corrected chi connectivity index (χ4v) is 2.49. The number of benzene rings is 1. The van der Waals surface area contributed by atoms with Crippen LogP contribution in [0.2, 0.25) is 0 Å². The Morgan fingerprint density at radius 3 is 2.68 bits per heavy atom. The first-order valence-electron chi connectivity index (χ1n) is 7.79. The van der Waals surface area contributed by atoms with E-state index in [0.717, 1.165) is 18.4 Å². The Morgan fingerprint density at radius 2 is 2.00 bits per heavy atom. The molecular formula is C19H24N2O. The Morgan fingerprint density at radius 1 is 1.18 bits per heavy atom. The lowest BCUT2D eigenvalue weighted by Crippen LogP contribution is -2.34. The number of carbonyl (C=O) groups excluding carboxylic acids is 1. The molecule has 0 aliphatic carbocycles. The molecule has 0 aliphatic rings. The number of nitrogens with one attached hydrogen (secondary N) is 1. The van der Waals surface area contributed by atoms with E-state index in [9.17, 15) is 4.79 Å². The van der Waals surface area contributed by atoms with Gasteiger partial charge in [0.1, 0.15) is 0 Å². The molecule has 1 atom stereocenters. The lowest BCUT2D eigenvalue weighted by Gasteiger charge is -2.14. The molecule has 0 unspecified atom stereocenters. The van der Waals surface area contributed by atoms with Gasteiger partial charge in [-0.2, -0.15) is 0 Å². The minimum absolute atomic E-state index is 0.106. The number of hydrogen-bond donors (Lipinski definition) is 1. The number of aromatic nitrogens is 1. The zero-order valence-electron chi connectivity index (χ0n) is 13.6. The molecule has 0 saturated carbocycles. The van der Waals surface area contributed by atoms with Gasteiger partial charge in [0.05, 0.1) is 0 Å². The maximum absolute atomic E-state index is 12.0. The molecule has 3 nitrogen and oxygen atoms in total. The summed E-state index contributed by atoms with van der Waals surface area (Å²) in [6.07, 6.45) is 5.73. The lowest BCUT2D eigenvalue weighted by molar-refractivity contribution is -0.121. The third-order valence-corrected chi connectivity index (χ3v) is 3.88. The summed E-state index contributed by atoms with van der Waals surface area (Å²) in [4.78, 5) is 16.1. The molecule has 116 valence electrons. The highest BCUT2D eigenvalue weighted by molar-refractivity contribution is 5.76. The summed E-state index contributed by atoms with van der Waals surface area (Å²) in [5.41, 5.74) is 4.93. The predicted molar refractivity (Wildman–Crippen MR) is 89.8 cm³/mol. The number of rotatable bonds is 6. The van der Waals surface area contributed by atoms with Crippen molar-refractivity contribution in [3.05, 3.63) is 65.0 Å². The van der Waals surface area contributed by atoms with E-state index >= 15 is 0 Å². The van der Waals surface area contributed by atoms with Crippen LogP contribution in [0, 0.1) is 13.8 Å². The van der Waals surface area contributed by atoms with E-state index in [1.165, 1.54) is 16.7 Å². The molecule has 2 aromatic rings. The molecule has 0 fully saturated rings. The van der Waals surface area contributed by atoms with Crippen molar-refractivity contribution in [2.24, 2.45) is 0 Å². The molecule has 0 bridgehead atoms. The van der Waals surface area contributed by atoms with Crippen LogP contribution in [0.4, 0.5) is 0 Å². The van der Waals surface area contributed by atoms with Gasteiger partial charge in [0.15, 0.2) is 0 Å². The zero-order chi connectivity index (χ0) is 15.9. The number of amides is 1. The average Bonchev–Trinajstić information content (AvgIpc) is 2.49. The highest BCUT2D eigenvalue weighted by Gasteiger charge is 2.08. The minimum atomic E-state index is 0.106. The Kier molecular flexibility index (Phi) is 5.70. The van der Waals surface area contributed by atoms with Crippen molar-refractivity contribution in [1.29, 1.82) is 0 Å². The molecule has 1 aromatic carbocycles. The van der Waals surface area contributed by atoms with Crippen LogP contribution in [0.1, 0.15) is 35.6 Å². The van der Waals surface area contributed by atoms with Crippen molar-refractivity contribution in [1.82, 2.24) is 10.3 Å². The lowest BCUT2D eigenvalue weighted by atomic mass is 10.0. The number of pyridine rings is 1. The van der Waals surface area contributed by atoms with E-state index in [0.29, 0.717) is 6.42 Å². The van der Waals surface area contributed by atoms with Gasteiger partial charge in [0, 0.05) is 24.9 Å². The first kappa shape index (κ1) is 16.2. The van der Waals surface area contributed by atoms with Gasteiger partial charge in [-0.15, -0.1) is 0 Å². The van der Waals surface area contributed by atoms with Crippen LogP contribution in [0.5, 0.6) is 0 Å². The van der Waals surface area contributed by atoms with Gasteiger partial charge < -0.3 is 5.32 Å². The van der Waals surface area contributed by atoms with Crippen LogP contribution in [-0.2, 0) is 17.6 Å². The minimum Gasteiger partial charge on any atom is -0.353 e. The van der Waals surface area contributed by atoms with Crippen LogP contribution in [0.15, 0.2) is 42.7 Å². The third-order valence-electron chi connectivity index (χ3n) is 3.88. The van der Waals surface area contributed by atoms with Crippen molar-refractivity contribution in [3.8, 4) is 0 Å².